The van der Waals surface area contributed by atoms with E-state index in [0.29, 0.717) is 0 Å². The molecule has 0 unspecified atom stereocenters. The van der Waals surface area contributed by atoms with Gasteiger partial charge in [0.2, 0.25) is 0 Å². The molecule has 27 heavy (non-hydrogen) atoms. The number of hydrogen-bond acceptors (Lipinski definition) is 1. The minimum Gasteiger partial charge on any atom is -0.456 e. The van der Waals surface area contributed by atoms with Crippen LogP contribution in [0.1, 0.15) is 11.1 Å². The second kappa shape index (κ2) is 6.66. The SMILES string of the molecule is Brc1ccc2c(c1)oc1cc(/C=C/c3ccc(Br)c4ccccc34)ccc12. The van der Waals surface area contributed by atoms with Crippen LogP contribution in [0.25, 0.3) is 44.9 Å². The fraction of sp³-hybridized carbons (Fsp3) is 0. The maximum Gasteiger partial charge on any atom is 0.136 e. The van der Waals surface area contributed by atoms with Gasteiger partial charge in [0.05, 0.1) is 0 Å². The molecule has 1 nitrogen and oxygen atoms in total. The summed E-state index contributed by atoms with van der Waals surface area (Å²) in [6, 6.07) is 25.2. The van der Waals surface area contributed by atoms with Crippen molar-refractivity contribution in [2.24, 2.45) is 0 Å². The number of benzene rings is 4. The van der Waals surface area contributed by atoms with Gasteiger partial charge in [-0.2, -0.15) is 0 Å². The first-order chi connectivity index (χ1) is 13.2. The number of fused-ring (bicyclic) bond motifs is 4. The van der Waals surface area contributed by atoms with Crippen molar-refractivity contribution in [3.8, 4) is 0 Å². The molecule has 0 aliphatic rings. The molecule has 0 spiro atoms. The largest absolute Gasteiger partial charge is 0.456 e. The smallest absolute Gasteiger partial charge is 0.136 e. The Balaban J connectivity index is 1.58. The predicted octanol–water partition coefficient (Wildman–Crippen LogP) is 8.43. The summed E-state index contributed by atoms with van der Waals surface area (Å²) in [6.07, 6.45) is 4.30. The first-order valence-electron chi connectivity index (χ1n) is 8.66. The fourth-order valence-corrected chi connectivity index (χ4v) is 4.31. The molecule has 4 aromatic carbocycles. The Morgan fingerprint density at radius 1 is 0.630 bits per heavy atom. The van der Waals surface area contributed by atoms with E-state index in [9.17, 15) is 0 Å². The number of furan rings is 1. The van der Waals surface area contributed by atoms with Crippen LogP contribution in [-0.4, -0.2) is 0 Å². The van der Waals surface area contributed by atoms with Crippen molar-refractivity contribution in [3.05, 3.63) is 92.9 Å². The van der Waals surface area contributed by atoms with Gasteiger partial charge in [-0.05, 0) is 58.3 Å². The Labute approximate surface area is 173 Å². The van der Waals surface area contributed by atoms with E-state index in [2.05, 4.69) is 105 Å². The average Bonchev–Trinajstić information content (AvgIpc) is 3.04. The summed E-state index contributed by atoms with van der Waals surface area (Å²) in [7, 11) is 0. The van der Waals surface area contributed by atoms with Crippen LogP contribution in [0.4, 0.5) is 0 Å². The Morgan fingerprint density at radius 3 is 2.22 bits per heavy atom. The molecular formula is C24H14Br2O. The number of rotatable bonds is 2. The van der Waals surface area contributed by atoms with Gasteiger partial charge in [0.15, 0.2) is 0 Å². The highest BCUT2D eigenvalue weighted by molar-refractivity contribution is 9.11. The lowest BCUT2D eigenvalue weighted by molar-refractivity contribution is 0.668. The van der Waals surface area contributed by atoms with E-state index >= 15 is 0 Å². The Kier molecular flexibility index (Phi) is 4.14. The maximum absolute atomic E-state index is 6.04. The molecule has 5 rings (SSSR count). The molecule has 0 saturated heterocycles. The van der Waals surface area contributed by atoms with Crippen molar-refractivity contribution in [1.82, 2.24) is 0 Å². The monoisotopic (exact) mass is 476 g/mol. The van der Waals surface area contributed by atoms with E-state index in [-0.39, 0.29) is 0 Å². The third kappa shape index (κ3) is 3.01. The van der Waals surface area contributed by atoms with Crippen molar-refractivity contribution >= 4 is 76.7 Å². The van der Waals surface area contributed by atoms with Crippen LogP contribution in [0.5, 0.6) is 0 Å². The molecule has 3 heteroatoms. The molecule has 1 heterocycles. The zero-order valence-corrected chi connectivity index (χ0v) is 17.4. The second-order valence-electron chi connectivity index (χ2n) is 6.51. The Hall–Kier alpha value is -2.36. The molecule has 0 radical (unpaired) electrons. The van der Waals surface area contributed by atoms with E-state index < -0.39 is 0 Å². The molecule has 0 saturated carbocycles. The quantitative estimate of drug-likeness (QED) is 0.232. The minimum absolute atomic E-state index is 0.902. The lowest BCUT2D eigenvalue weighted by Gasteiger charge is -2.04. The van der Waals surface area contributed by atoms with Gasteiger partial charge in [0, 0.05) is 19.7 Å². The lowest BCUT2D eigenvalue weighted by Crippen LogP contribution is -1.80. The molecule has 0 N–H and O–H groups in total. The van der Waals surface area contributed by atoms with Gasteiger partial charge in [0.25, 0.3) is 0 Å². The van der Waals surface area contributed by atoms with Gasteiger partial charge >= 0.3 is 0 Å². The van der Waals surface area contributed by atoms with E-state index in [4.69, 9.17) is 4.42 Å². The van der Waals surface area contributed by atoms with Gasteiger partial charge in [0.1, 0.15) is 11.2 Å². The summed E-state index contributed by atoms with van der Waals surface area (Å²) in [4.78, 5) is 0. The zero-order valence-electron chi connectivity index (χ0n) is 14.2. The summed E-state index contributed by atoms with van der Waals surface area (Å²) in [5, 5.41) is 4.74. The van der Waals surface area contributed by atoms with Gasteiger partial charge in [-0.3, -0.25) is 0 Å². The zero-order chi connectivity index (χ0) is 18.4. The van der Waals surface area contributed by atoms with E-state index in [1.54, 1.807) is 0 Å². The minimum atomic E-state index is 0.902. The molecule has 0 bridgehead atoms. The van der Waals surface area contributed by atoms with Crippen molar-refractivity contribution in [2.45, 2.75) is 0 Å². The molecule has 0 atom stereocenters. The molecule has 0 aliphatic heterocycles. The highest BCUT2D eigenvalue weighted by atomic mass is 79.9. The summed E-state index contributed by atoms with van der Waals surface area (Å²) in [5.74, 6) is 0. The van der Waals surface area contributed by atoms with Crippen LogP contribution < -0.4 is 0 Å². The number of hydrogen-bond donors (Lipinski definition) is 0. The van der Waals surface area contributed by atoms with Crippen LogP contribution >= 0.6 is 31.9 Å². The van der Waals surface area contributed by atoms with Gasteiger partial charge in [-0.1, -0.05) is 80.4 Å². The van der Waals surface area contributed by atoms with Crippen molar-refractivity contribution < 1.29 is 4.42 Å². The van der Waals surface area contributed by atoms with Crippen LogP contribution in [0.2, 0.25) is 0 Å². The first kappa shape index (κ1) is 16.8. The predicted molar refractivity (Wildman–Crippen MR) is 122 cm³/mol. The standard InChI is InChI=1S/C24H14Br2O/c25-17-9-11-21-20-10-6-15(13-23(20)27-24(21)14-17)5-7-16-8-12-22(26)19-4-2-1-3-18(16)19/h1-14H/b7-5+. The van der Waals surface area contributed by atoms with Crippen LogP contribution in [-0.2, 0) is 0 Å². The molecule has 0 amide bonds. The first-order valence-corrected chi connectivity index (χ1v) is 10.2. The fourth-order valence-electron chi connectivity index (χ4n) is 3.49. The summed E-state index contributed by atoms with van der Waals surface area (Å²) >= 11 is 7.14. The van der Waals surface area contributed by atoms with Crippen LogP contribution in [0.15, 0.2) is 86.2 Å². The van der Waals surface area contributed by atoms with Crippen LogP contribution in [0.3, 0.4) is 0 Å². The second-order valence-corrected chi connectivity index (χ2v) is 8.28. The Morgan fingerprint density at radius 2 is 1.37 bits per heavy atom. The average molecular weight is 478 g/mol. The summed E-state index contributed by atoms with van der Waals surface area (Å²) in [6.45, 7) is 0. The summed E-state index contributed by atoms with van der Waals surface area (Å²) in [5.41, 5.74) is 4.13. The topological polar surface area (TPSA) is 13.1 Å². The van der Waals surface area contributed by atoms with E-state index in [0.717, 1.165) is 36.4 Å². The molecular weight excluding hydrogens is 464 g/mol. The van der Waals surface area contributed by atoms with E-state index in [1.807, 2.05) is 12.1 Å². The normalized spacial score (nSPS) is 11.9. The van der Waals surface area contributed by atoms with E-state index in [1.165, 1.54) is 16.3 Å². The third-order valence-corrected chi connectivity index (χ3v) is 6.00. The van der Waals surface area contributed by atoms with Crippen molar-refractivity contribution in [2.75, 3.05) is 0 Å². The molecule has 5 aromatic rings. The molecule has 0 aliphatic carbocycles. The molecule has 130 valence electrons. The van der Waals surface area contributed by atoms with Gasteiger partial charge in [-0.15, -0.1) is 0 Å². The molecule has 0 fully saturated rings. The highest BCUT2D eigenvalue weighted by Gasteiger charge is 2.07. The lowest BCUT2D eigenvalue weighted by atomic mass is 10.0. The van der Waals surface area contributed by atoms with Gasteiger partial charge in [-0.25, -0.2) is 0 Å². The van der Waals surface area contributed by atoms with Gasteiger partial charge < -0.3 is 4.42 Å². The third-order valence-electron chi connectivity index (χ3n) is 4.82. The molecule has 1 aromatic heterocycles. The Bertz CT molecular complexity index is 1350. The highest BCUT2D eigenvalue weighted by Crippen LogP contribution is 2.32. The number of halogens is 2. The van der Waals surface area contributed by atoms with Crippen LogP contribution in [0, 0.1) is 0 Å². The summed E-state index contributed by atoms with van der Waals surface area (Å²) < 4.78 is 8.18. The van der Waals surface area contributed by atoms with Crippen molar-refractivity contribution in [3.63, 3.8) is 0 Å². The maximum atomic E-state index is 6.04. The van der Waals surface area contributed by atoms with Crippen molar-refractivity contribution in [1.29, 1.82) is 0 Å².